The summed E-state index contributed by atoms with van der Waals surface area (Å²) in [6, 6.07) is 7.44. The van der Waals surface area contributed by atoms with Crippen molar-refractivity contribution < 1.29 is 14.3 Å². The van der Waals surface area contributed by atoms with Crippen LogP contribution in [0.25, 0.3) is 0 Å². The van der Waals surface area contributed by atoms with Gasteiger partial charge in [0.1, 0.15) is 5.75 Å². The molecule has 0 aliphatic carbocycles. The van der Waals surface area contributed by atoms with Gasteiger partial charge in [0.25, 0.3) is 5.91 Å². The number of amides is 2. The van der Waals surface area contributed by atoms with Crippen molar-refractivity contribution in [2.24, 2.45) is 5.92 Å². The minimum absolute atomic E-state index is 0.000916. The Morgan fingerprint density at radius 1 is 1.29 bits per heavy atom. The third-order valence-corrected chi connectivity index (χ3v) is 4.07. The Bertz CT molecular complexity index is 542. The van der Waals surface area contributed by atoms with Gasteiger partial charge in [-0.05, 0) is 56.5 Å². The van der Waals surface area contributed by atoms with Gasteiger partial charge in [0.05, 0.1) is 0 Å². The lowest BCUT2D eigenvalue weighted by molar-refractivity contribution is -0.123. The normalized spacial score (nSPS) is 16.6. The van der Waals surface area contributed by atoms with Gasteiger partial charge in [-0.3, -0.25) is 9.59 Å². The molecule has 0 saturated carbocycles. The Kier molecular flexibility index (Phi) is 7.55. The van der Waals surface area contributed by atoms with E-state index in [4.69, 9.17) is 4.74 Å². The predicted molar refractivity (Wildman–Crippen MR) is 92.7 cm³/mol. The van der Waals surface area contributed by atoms with E-state index < -0.39 is 0 Å². The Balaban J connectivity index is 1.70. The second-order valence-corrected chi connectivity index (χ2v) is 6.06. The zero-order valence-electron chi connectivity index (χ0n) is 14.3. The molecule has 0 aromatic heterocycles. The molecule has 6 nitrogen and oxygen atoms in total. The second-order valence-electron chi connectivity index (χ2n) is 6.06. The fraction of sp³-hybridized carbons (Fsp3) is 0.556. The molecule has 132 valence electrons. The minimum Gasteiger partial charge on any atom is -0.484 e. The molecule has 1 unspecified atom stereocenters. The molecule has 6 heteroatoms. The second kappa shape index (κ2) is 9.93. The van der Waals surface area contributed by atoms with E-state index in [-0.39, 0.29) is 18.4 Å². The van der Waals surface area contributed by atoms with E-state index in [1.54, 1.807) is 6.07 Å². The maximum absolute atomic E-state index is 11.9. The highest BCUT2D eigenvalue weighted by atomic mass is 16.5. The predicted octanol–water partition coefficient (Wildman–Crippen LogP) is 1.21. The van der Waals surface area contributed by atoms with Crippen LogP contribution in [0.4, 0.5) is 0 Å². The lowest BCUT2D eigenvalue weighted by Crippen LogP contribution is -2.28. The van der Waals surface area contributed by atoms with Gasteiger partial charge < -0.3 is 20.7 Å². The van der Waals surface area contributed by atoms with Gasteiger partial charge in [-0.15, -0.1) is 0 Å². The van der Waals surface area contributed by atoms with E-state index in [1.807, 2.05) is 25.1 Å². The van der Waals surface area contributed by atoms with Gasteiger partial charge in [0, 0.05) is 19.5 Å². The molecular formula is C18H27N3O3. The molecule has 1 atom stereocenters. The van der Waals surface area contributed by atoms with Crippen LogP contribution in [0.3, 0.4) is 0 Å². The summed E-state index contributed by atoms with van der Waals surface area (Å²) in [6.07, 6.45) is 2.67. The van der Waals surface area contributed by atoms with Gasteiger partial charge in [-0.2, -0.15) is 0 Å². The molecule has 1 aliphatic heterocycles. The van der Waals surface area contributed by atoms with Crippen LogP contribution in [0.1, 0.15) is 31.7 Å². The standard InChI is InChI=1S/C18H27N3O3/c1-2-20-18(23)13-24-16-5-3-4-15(10-16)12-21-17(22)7-6-14-8-9-19-11-14/h3-5,10,14,19H,2,6-9,11-13H2,1H3,(H,20,23)(H,21,22). The summed E-state index contributed by atoms with van der Waals surface area (Å²) in [5.74, 6) is 1.19. The van der Waals surface area contributed by atoms with Crippen molar-refractivity contribution in [1.82, 2.24) is 16.0 Å². The first-order valence-corrected chi connectivity index (χ1v) is 8.63. The fourth-order valence-electron chi connectivity index (χ4n) is 2.73. The van der Waals surface area contributed by atoms with Crippen LogP contribution < -0.4 is 20.7 Å². The quantitative estimate of drug-likeness (QED) is 0.635. The number of hydrogen-bond acceptors (Lipinski definition) is 4. The smallest absolute Gasteiger partial charge is 0.257 e. The van der Waals surface area contributed by atoms with E-state index in [1.165, 1.54) is 0 Å². The highest BCUT2D eigenvalue weighted by Crippen LogP contribution is 2.15. The minimum atomic E-state index is -0.141. The van der Waals surface area contributed by atoms with Crippen molar-refractivity contribution in [2.45, 2.75) is 32.7 Å². The number of rotatable bonds is 9. The van der Waals surface area contributed by atoms with E-state index in [0.29, 0.717) is 31.2 Å². The number of ether oxygens (including phenoxy) is 1. The first-order chi connectivity index (χ1) is 11.7. The number of nitrogens with one attached hydrogen (secondary N) is 3. The number of hydrogen-bond donors (Lipinski definition) is 3. The molecule has 2 rings (SSSR count). The zero-order chi connectivity index (χ0) is 17.2. The first kappa shape index (κ1) is 18.3. The highest BCUT2D eigenvalue weighted by Gasteiger charge is 2.15. The van der Waals surface area contributed by atoms with Crippen molar-refractivity contribution in [3.63, 3.8) is 0 Å². The fourth-order valence-corrected chi connectivity index (χ4v) is 2.73. The van der Waals surface area contributed by atoms with Crippen LogP contribution in [0.15, 0.2) is 24.3 Å². The lowest BCUT2D eigenvalue weighted by Gasteiger charge is -2.10. The van der Waals surface area contributed by atoms with Gasteiger partial charge in [-0.25, -0.2) is 0 Å². The van der Waals surface area contributed by atoms with Crippen LogP contribution in [-0.2, 0) is 16.1 Å². The molecule has 1 fully saturated rings. The van der Waals surface area contributed by atoms with Crippen LogP contribution in [0.5, 0.6) is 5.75 Å². The summed E-state index contributed by atoms with van der Waals surface area (Å²) in [5, 5.41) is 8.94. The number of carbonyl (C=O) groups excluding carboxylic acids is 2. The molecular weight excluding hydrogens is 306 g/mol. The number of likely N-dealkylation sites (N-methyl/N-ethyl adjacent to an activating group) is 1. The summed E-state index contributed by atoms with van der Waals surface area (Å²) in [4.78, 5) is 23.3. The molecule has 1 aromatic carbocycles. The lowest BCUT2D eigenvalue weighted by atomic mass is 10.0. The van der Waals surface area contributed by atoms with E-state index >= 15 is 0 Å². The summed E-state index contributed by atoms with van der Waals surface area (Å²) < 4.78 is 5.45. The molecule has 1 saturated heterocycles. The number of carbonyl (C=O) groups is 2. The van der Waals surface area contributed by atoms with Crippen LogP contribution in [-0.4, -0.2) is 38.1 Å². The highest BCUT2D eigenvalue weighted by molar-refractivity contribution is 5.77. The Hall–Kier alpha value is -2.08. The molecule has 0 bridgehead atoms. The van der Waals surface area contributed by atoms with Crippen molar-refractivity contribution in [3.05, 3.63) is 29.8 Å². The van der Waals surface area contributed by atoms with Gasteiger partial charge in [-0.1, -0.05) is 12.1 Å². The molecule has 2 amide bonds. The molecule has 24 heavy (non-hydrogen) atoms. The molecule has 3 N–H and O–H groups in total. The third-order valence-electron chi connectivity index (χ3n) is 4.07. The van der Waals surface area contributed by atoms with Gasteiger partial charge in [0.15, 0.2) is 6.61 Å². The topological polar surface area (TPSA) is 79.5 Å². The Morgan fingerprint density at radius 3 is 2.92 bits per heavy atom. The molecule has 0 spiro atoms. The summed E-state index contributed by atoms with van der Waals surface area (Å²) in [5.41, 5.74) is 0.958. The summed E-state index contributed by atoms with van der Waals surface area (Å²) >= 11 is 0. The van der Waals surface area contributed by atoms with Crippen molar-refractivity contribution in [1.29, 1.82) is 0 Å². The Labute approximate surface area is 143 Å². The average molecular weight is 333 g/mol. The van der Waals surface area contributed by atoms with Crippen LogP contribution >= 0.6 is 0 Å². The molecule has 0 radical (unpaired) electrons. The van der Waals surface area contributed by atoms with Crippen LogP contribution in [0, 0.1) is 5.92 Å². The maximum Gasteiger partial charge on any atom is 0.257 e. The van der Waals surface area contributed by atoms with Gasteiger partial charge >= 0.3 is 0 Å². The summed E-state index contributed by atoms with van der Waals surface area (Å²) in [6.45, 7) is 5.02. The molecule has 1 aromatic rings. The van der Waals surface area contributed by atoms with E-state index in [0.717, 1.165) is 31.5 Å². The van der Waals surface area contributed by atoms with E-state index in [9.17, 15) is 9.59 Å². The van der Waals surface area contributed by atoms with Crippen molar-refractivity contribution in [3.8, 4) is 5.75 Å². The average Bonchev–Trinajstić information content (AvgIpc) is 3.10. The zero-order valence-corrected chi connectivity index (χ0v) is 14.3. The third kappa shape index (κ3) is 6.58. The Morgan fingerprint density at radius 2 is 2.17 bits per heavy atom. The SMILES string of the molecule is CCNC(=O)COc1cccc(CNC(=O)CCC2CCNC2)c1. The summed E-state index contributed by atoms with van der Waals surface area (Å²) in [7, 11) is 0. The van der Waals surface area contributed by atoms with Crippen LogP contribution in [0.2, 0.25) is 0 Å². The maximum atomic E-state index is 11.9. The molecule has 1 aliphatic rings. The monoisotopic (exact) mass is 333 g/mol. The molecule has 1 heterocycles. The van der Waals surface area contributed by atoms with Gasteiger partial charge in [0.2, 0.25) is 5.91 Å². The number of benzene rings is 1. The van der Waals surface area contributed by atoms with E-state index in [2.05, 4.69) is 16.0 Å². The largest absolute Gasteiger partial charge is 0.484 e. The van der Waals surface area contributed by atoms with Crippen molar-refractivity contribution >= 4 is 11.8 Å². The van der Waals surface area contributed by atoms with Crippen molar-refractivity contribution in [2.75, 3.05) is 26.2 Å². The first-order valence-electron chi connectivity index (χ1n) is 8.63.